The minimum atomic E-state index is -0.276. The lowest BCUT2D eigenvalue weighted by Crippen LogP contribution is -2.66. The molecule has 1 atom stereocenters. The van der Waals surface area contributed by atoms with Gasteiger partial charge in [-0.15, -0.1) is 11.3 Å². The van der Waals surface area contributed by atoms with Crippen molar-refractivity contribution in [2.75, 3.05) is 26.3 Å². The number of ether oxygens (including phenoxy) is 2. The number of likely N-dealkylation sites (tertiary alicyclic amines) is 1. The van der Waals surface area contributed by atoms with Crippen LogP contribution in [0.5, 0.6) is 0 Å². The van der Waals surface area contributed by atoms with Crippen molar-refractivity contribution in [2.24, 2.45) is 5.92 Å². The summed E-state index contributed by atoms with van der Waals surface area (Å²) in [7, 11) is 0. The molecule has 0 saturated carbocycles. The molecule has 7 nitrogen and oxygen atoms in total. The van der Waals surface area contributed by atoms with Gasteiger partial charge in [0, 0.05) is 17.9 Å². The van der Waals surface area contributed by atoms with Gasteiger partial charge in [0.1, 0.15) is 5.60 Å². The average molecular weight is 363 g/mol. The number of hydrogen-bond donors (Lipinski definition) is 0. The third-order valence-electron chi connectivity index (χ3n) is 4.98. The van der Waals surface area contributed by atoms with Gasteiger partial charge in [-0.3, -0.25) is 4.79 Å². The number of nitrogens with zero attached hydrogens (tertiary/aromatic N) is 3. The smallest absolute Gasteiger partial charge is 0.291 e. The molecule has 2 aromatic rings. The quantitative estimate of drug-likeness (QED) is 0.810. The average Bonchev–Trinajstić information content (AvgIpc) is 3.25. The molecule has 25 heavy (non-hydrogen) atoms. The Balaban J connectivity index is 1.31. The Labute approximate surface area is 150 Å². The van der Waals surface area contributed by atoms with E-state index in [9.17, 15) is 4.79 Å². The highest BCUT2D eigenvalue weighted by Crippen LogP contribution is 2.40. The van der Waals surface area contributed by atoms with E-state index < -0.39 is 0 Å². The van der Waals surface area contributed by atoms with Crippen molar-refractivity contribution >= 4 is 17.2 Å². The van der Waals surface area contributed by atoms with Crippen molar-refractivity contribution in [1.29, 1.82) is 0 Å². The molecule has 1 spiro atoms. The molecule has 134 valence electrons. The molecule has 4 heterocycles. The summed E-state index contributed by atoms with van der Waals surface area (Å²) in [5, 5.41) is 3.08. The Bertz CT molecular complexity index is 766. The first-order chi connectivity index (χ1) is 12.1. The number of carbonyl (C=O) groups is 1. The van der Waals surface area contributed by atoms with Gasteiger partial charge in [0.05, 0.1) is 42.7 Å². The summed E-state index contributed by atoms with van der Waals surface area (Å²) in [6, 6.07) is 0. The van der Waals surface area contributed by atoms with Crippen LogP contribution in [0.25, 0.3) is 0 Å². The monoisotopic (exact) mass is 363 g/mol. The highest BCUT2D eigenvalue weighted by Gasteiger charge is 2.55. The second kappa shape index (κ2) is 6.51. The minimum absolute atomic E-state index is 0.117. The van der Waals surface area contributed by atoms with Gasteiger partial charge in [0.15, 0.2) is 6.39 Å². The summed E-state index contributed by atoms with van der Waals surface area (Å²) in [5.41, 5.74) is 1.32. The number of rotatable bonds is 5. The van der Waals surface area contributed by atoms with E-state index in [2.05, 4.69) is 9.97 Å². The summed E-state index contributed by atoms with van der Waals surface area (Å²) >= 11 is 1.63. The van der Waals surface area contributed by atoms with E-state index in [4.69, 9.17) is 13.9 Å². The molecule has 0 aromatic carbocycles. The number of hydrogen-bond acceptors (Lipinski definition) is 7. The SMILES string of the molecule is Cc1nc(COCC2CCOC23CN(C(=O)c2ocnc2C)C3)cs1. The fourth-order valence-corrected chi connectivity index (χ4v) is 4.14. The normalized spacial score (nSPS) is 21.7. The predicted octanol–water partition coefficient (Wildman–Crippen LogP) is 2.20. The van der Waals surface area contributed by atoms with Crippen LogP contribution in [0.3, 0.4) is 0 Å². The van der Waals surface area contributed by atoms with Crippen molar-refractivity contribution in [3.05, 3.63) is 33.9 Å². The molecule has 0 radical (unpaired) electrons. The van der Waals surface area contributed by atoms with E-state index in [0.717, 1.165) is 17.1 Å². The van der Waals surface area contributed by atoms with Crippen LogP contribution in [0.4, 0.5) is 0 Å². The van der Waals surface area contributed by atoms with Crippen LogP contribution < -0.4 is 0 Å². The second-order valence-corrected chi connectivity index (χ2v) is 7.76. The van der Waals surface area contributed by atoms with Gasteiger partial charge >= 0.3 is 0 Å². The standard InChI is InChI=1S/C17H21N3O4S/c1-11-15(23-10-18-11)16(21)20-8-17(9-20)13(3-4-24-17)5-22-6-14-7-25-12(2)19-14/h7,10,13H,3-6,8-9H2,1-2H3. The maximum Gasteiger partial charge on any atom is 0.291 e. The number of amides is 1. The summed E-state index contributed by atoms with van der Waals surface area (Å²) in [5.74, 6) is 0.500. The maximum absolute atomic E-state index is 12.5. The van der Waals surface area contributed by atoms with Gasteiger partial charge in [-0.25, -0.2) is 9.97 Å². The molecule has 4 rings (SSSR count). The third-order valence-corrected chi connectivity index (χ3v) is 5.80. The van der Waals surface area contributed by atoms with Crippen molar-refractivity contribution in [2.45, 2.75) is 32.5 Å². The maximum atomic E-state index is 12.5. The van der Waals surface area contributed by atoms with Crippen molar-refractivity contribution < 1.29 is 18.7 Å². The minimum Gasteiger partial charge on any atom is -0.438 e. The van der Waals surface area contributed by atoms with Gasteiger partial charge < -0.3 is 18.8 Å². The molecular weight excluding hydrogens is 342 g/mol. The van der Waals surface area contributed by atoms with Gasteiger partial charge in [0.2, 0.25) is 5.76 Å². The molecule has 0 N–H and O–H groups in total. The van der Waals surface area contributed by atoms with Crippen molar-refractivity contribution in [1.82, 2.24) is 14.9 Å². The molecule has 1 amide bonds. The molecule has 1 unspecified atom stereocenters. The van der Waals surface area contributed by atoms with Crippen LogP contribution >= 0.6 is 11.3 Å². The number of thiazole rings is 1. The number of aryl methyl sites for hydroxylation is 2. The zero-order valence-corrected chi connectivity index (χ0v) is 15.2. The topological polar surface area (TPSA) is 77.7 Å². The second-order valence-electron chi connectivity index (χ2n) is 6.70. The van der Waals surface area contributed by atoms with Crippen LogP contribution in [0, 0.1) is 19.8 Å². The van der Waals surface area contributed by atoms with E-state index in [0.29, 0.717) is 50.3 Å². The highest BCUT2D eigenvalue weighted by atomic mass is 32.1. The van der Waals surface area contributed by atoms with Crippen LogP contribution in [-0.2, 0) is 16.1 Å². The Kier molecular flexibility index (Phi) is 4.35. The van der Waals surface area contributed by atoms with E-state index in [1.807, 2.05) is 12.3 Å². The molecule has 2 saturated heterocycles. The fourth-order valence-electron chi connectivity index (χ4n) is 3.54. The van der Waals surface area contributed by atoms with Gasteiger partial charge in [-0.2, -0.15) is 0 Å². The Morgan fingerprint density at radius 2 is 2.32 bits per heavy atom. The Morgan fingerprint density at radius 1 is 1.48 bits per heavy atom. The van der Waals surface area contributed by atoms with Crippen LogP contribution in [0.15, 0.2) is 16.2 Å². The van der Waals surface area contributed by atoms with Crippen LogP contribution in [0.2, 0.25) is 0 Å². The van der Waals surface area contributed by atoms with E-state index >= 15 is 0 Å². The first-order valence-electron chi connectivity index (χ1n) is 8.39. The zero-order chi connectivity index (χ0) is 17.4. The van der Waals surface area contributed by atoms with E-state index in [1.54, 1.807) is 23.2 Å². The molecule has 2 aliphatic heterocycles. The molecular formula is C17H21N3O4S. The van der Waals surface area contributed by atoms with Gasteiger partial charge in [-0.05, 0) is 20.3 Å². The molecule has 0 bridgehead atoms. The van der Waals surface area contributed by atoms with Crippen LogP contribution in [0.1, 0.15) is 33.4 Å². The lowest BCUT2D eigenvalue weighted by atomic mass is 9.81. The first kappa shape index (κ1) is 16.7. The molecule has 2 aromatic heterocycles. The summed E-state index contributed by atoms with van der Waals surface area (Å²) < 4.78 is 17.1. The molecule has 0 aliphatic carbocycles. The molecule has 2 fully saturated rings. The van der Waals surface area contributed by atoms with Gasteiger partial charge in [0.25, 0.3) is 5.91 Å². The number of aromatic nitrogens is 2. The summed E-state index contributed by atoms with van der Waals surface area (Å²) in [4.78, 5) is 22.6. The lowest BCUT2D eigenvalue weighted by Gasteiger charge is -2.49. The first-order valence-corrected chi connectivity index (χ1v) is 9.27. The van der Waals surface area contributed by atoms with Crippen LogP contribution in [-0.4, -0.2) is 52.7 Å². The lowest BCUT2D eigenvalue weighted by molar-refractivity contribution is -0.129. The number of carbonyl (C=O) groups excluding carboxylic acids is 1. The highest BCUT2D eigenvalue weighted by molar-refractivity contribution is 7.09. The third kappa shape index (κ3) is 3.09. The fraction of sp³-hybridized carbons (Fsp3) is 0.588. The molecule has 2 aliphatic rings. The Morgan fingerprint density at radius 3 is 3.00 bits per heavy atom. The zero-order valence-electron chi connectivity index (χ0n) is 14.4. The van der Waals surface area contributed by atoms with Crippen molar-refractivity contribution in [3.63, 3.8) is 0 Å². The summed E-state index contributed by atoms with van der Waals surface area (Å²) in [6.45, 7) is 6.79. The predicted molar refractivity (Wildman–Crippen MR) is 90.4 cm³/mol. The van der Waals surface area contributed by atoms with E-state index in [-0.39, 0.29) is 11.5 Å². The number of oxazole rings is 1. The van der Waals surface area contributed by atoms with Gasteiger partial charge in [-0.1, -0.05) is 0 Å². The van der Waals surface area contributed by atoms with E-state index in [1.165, 1.54) is 6.39 Å². The molecule has 8 heteroatoms. The summed E-state index contributed by atoms with van der Waals surface area (Å²) in [6.07, 6.45) is 2.26. The Hall–Kier alpha value is -1.77. The largest absolute Gasteiger partial charge is 0.438 e. The van der Waals surface area contributed by atoms with Crippen molar-refractivity contribution in [3.8, 4) is 0 Å².